The number of rotatable bonds is 8. The molecule has 2 aromatic carbocycles. The van der Waals surface area contributed by atoms with Crippen LogP contribution < -0.4 is 16.9 Å². The van der Waals surface area contributed by atoms with E-state index in [0.29, 0.717) is 33.0 Å². The molecule has 0 atom stereocenters. The molecule has 6 aromatic rings. The highest BCUT2D eigenvalue weighted by Crippen LogP contribution is 2.21. The molecule has 2 amide bonds. The number of benzene rings is 2. The van der Waals surface area contributed by atoms with Crippen molar-refractivity contribution in [3.05, 3.63) is 128 Å². The van der Waals surface area contributed by atoms with Gasteiger partial charge in [0.15, 0.2) is 11.6 Å². The smallest absolute Gasteiger partial charge is 0.423 e. The van der Waals surface area contributed by atoms with Gasteiger partial charge in [0.1, 0.15) is 27.4 Å². The van der Waals surface area contributed by atoms with Crippen molar-refractivity contribution in [3.8, 4) is 22.8 Å². The van der Waals surface area contributed by atoms with Crippen LogP contribution in [0.25, 0.3) is 40.7 Å². The Morgan fingerprint density at radius 3 is 1.54 bits per heavy atom. The van der Waals surface area contributed by atoms with Crippen LogP contribution in [0.1, 0.15) is 27.8 Å². The molecule has 6 rings (SSSR count). The van der Waals surface area contributed by atoms with Crippen LogP contribution in [0, 0.1) is 27.7 Å². The average Bonchev–Trinajstić information content (AvgIpc) is 3.78. The van der Waals surface area contributed by atoms with E-state index in [1.807, 2.05) is 52.0 Å². The van der Waals surface area contributed by atoms with Gasteiger partial charge in [-0.15, -0.1) is 10.2 Å². The largest absolute Gasteiger partial charge is 0.490 e. The summed E-state index contributed by atoms with van der Waals surface area (Å²) in [6, 6.07) is 18.5. The van der Waals surface area contributed by atoms with E-state index in [4.69, 9.17) is 44.7 Å². The van der Waals surface area contributed by atoms with Gasteiger partial charge >= 0.3 is 7.12 Å². The van der Waals surface area contributed by atoms with E-state index >= 15 is 0 Å². The van der Waals surface area contributed by atoms with E-state index in [-0.39, 0.29) is 10.1 Å². The lowest BCUT2D eigenvalue weighted by Gasteiger charge is -2.03. The van der Waals surface area contributed by atoms with Gasteiger partial charge in [-0.3, -0.25) is 9.59 Å². The SMILES string of the molecule is Cc1cc(C)cc(-c2ncn(/C=C(/Br)C(N)=O)n2)c1.Cc1cc(C)cc(-c2ncn(/C=C(\C(N)=O)c3ccc(Cl)nc3)n2)c1.OB(O)c1ccc(Cl)nc1. The summed E-state index contributed by atoms with van der Waals surface area (Å²) in [6.45, 7) is 8.09. The Hall–Kier alpha value is -5.52. The highest BCUT2D eigenvalue weighted by atomic mass is 79.9. The first kappa shape index (κ1) is 41.2. The molecule has 14 nitrogen and oxygen atoms in total. The zero-order chi connectivity index (χ0) is 39.5. The van der Waals surface area contributed by atoms with Gasteiger partial charge in [-0.1, -0.05) is 63.7 Å². The molecule has 6 N–H and O–H groups in total. The number of hydrogen-bond donors (Lipinski definition) is 4. The molecule has 0 aliphatic rings. The van der Waals surface area contributed by atoms with E-state index in [1.165, 1.54) is 58.9 Å². The summed E-state index contributed by atoms with van der Waals surface area (Å²) in [5, 5.41) is 26.5. The van der Waals surface area contributed by atoms with Gasteiger partial charge < -0.3 is 21.5 Å². The number of carbonyl (C=O) groups is 2. The lowest BCUT2D eigenvalue weighted by atomic mass is 9.82. The Labute approximate surface area is 329 Å². The van der Waals surface area contributed by atoms with Crippen LogP contribution >= 0.6 is 39.1 Å². The lowest BCUT2D eigenvalue weighted by molar-refractivity contribution is -0.114. The molecule has 18 heteroatoms. The van der Waals surface area contributed by atoms with Gasteiger partial charge in [0.25, 0.3) is 11.8 Å². The molecule has 0 saturated heterocycles. The second-order valence-corrected chi connectivity index (χ2v) is 13.4. The number of aromatic nitrogens is 8. The summed E-state index contributed by atoms with van der Waals surface area (Å²) < 4.78 is 3.15. The van der Waals surface area contributed by atoms with Crippen LogP contribution in [-0.4, -0.2) is 68.5 Å². The average molecular weight is 832 g/mol. The van der Waals surface area contributed by atoms with Gasteiger partial charge in [-0.05, 0) is 86.1 Å². The van der Waals surface area contributed by atoms with Gasteiger partial charge in [-0.25, -0.2) is 29.3 Å². The summed E-state index contributed by atoms with van der Waals surface area (Å²) >= 11 is 14.3. The van der Waals surface area contributed by atoms with Gasteiger partial charge in [0, 0.05) is 40.7 Å². The van der Waals surface area contributed by atoms with E-state index in [1.54, 1.807) is 12.1 Å². The zero-order valence-electron chi connectivity index (χ0n) is 29.4. The standard InChI is InChI=1S/C18H16ClN5O.C13H13BrN4O.C5H5BClNO2/c1-11-5-12(2)7-14(6-11)18-22-10-24(23-18)9-15(17(20)25)13-3-4-16(19)21-8-13;1-8-3-9(2)5-10(4-8)13-16-7-18(17-13)6-11(14)12(15)19;7-5-2-1-4(3-8-5)6(9)10/h3-10H,1-2H3,(H2,20,25);3-7H,1-2H3,(H2,15,19);1-3,9-10H/b15-9-;11-6+;. The number of nitrogens with two attached hydrogens (primary N) is 2. The number of nitrogens with zero attached hydrogens (tertiary/aromatic N) is 8. The molecule has 0 aliphatic heterocycles. The minimum absolute atomic E-state index is 0.240. The predicted octanol–water partition coefficient (Wildman–Crippen LogP) is 4.75. The molecule has 4 aromatic heterocycles. The Bertz CT molecular complexity index is 2270. The third-order valence-electron chi connectivity index (χ3n) is 7.07. The van der Waals surface area contributed by atoms with Gasteiger partial charge in [0.05, 0.1) is 11.8 Å². The summed E-state index contributed by atoms with van der Waals surface area (Å²) in [5.74, 6) is 0.0324. The summed E-state index contributed by atoms with van der Waals surface area (Å²) in [6.07, 6.45) is 8.85. The van der Waals surface area contributed by atoms with Gasteiger partial charge in [0.2, 0.25) is 0 Å². The predicted molar refractivity (Wildman–Crippen MR) is 214 cm³/mol. The third-order valence-corrected chi connectivity index (χ3v) is 8.11. The summed E-state index contributed by atoms with van der Waals surface area (Å²) in [7, 11) is -1.47. The fraction of sp³-hybridized carbons (Fsp3) is 0.111. The highest BCUT2D eigenvalue weighted by molar-refractivity contribution is 9.12. The van der Waals surface area contributed by atoms with Crippen LogP contribution in [0.2, 0.25) is 10.3 Å². The molecule has 4 heterocycles. The molecule has 0 saturated carbocycles. The summed E-state index contributed by atoms with van der Waals surface area (Å²) in [4.78, 5) is 38.8. The lowest BCUT2D eigenvalue weighted by Crippen LogP contribution is -2.29. The second-order valence-electron chi connectivity index (χ2n) is 11.8. The molecule has 0 radical (unpaired) electrons. The van der Waals surface area contributed by atoms with Gasteiger partial charge in [-0.2, -0.15) is 0 Å². The third kappa shape index (κ3) is 12.3. The second kappa shape index (κ2) is 19.0. The van der Waals surface area contributed by atoms with Crippen molar-refractivity contribution in [1.29, 1.82) is 0 Å². The van der Waals surface area contributed by atoms with Crippen molar-refractivity contribution in [3.63, 3.8) is 0 Å². The molecule has 0 spiro atoms. The minimum atomic E-state index is -1.47. The van der Waals surface area contributed by atoms with Crippen LogP contribution in [0.4, 0.5) is 0 Å². The number of amides is 2. The van der Waals surface area contributed by atoms with Crippen LogP contribution in [0.15, 0.2) is 90.2 Å². The van der Waals surface area contributed by atoms with Crippen LogP contribution in [0.5, 0.6) is 0 Å². The number of halogens is 3. The van der Waals surface area contributed by atoms with Crippen molar-refractivity contribution < 1.29 is 19.6 Å². The number of hydrogen-bond acceptors (Lipinski definition) is 10. The Kier molecular flexibility index (Phi) is 14.5. The first-order valence-electron chi connectivity index (χ1n) is 15.9. The molecule has 0 fully saturated rings. The van der Waals surface area contributed by atoms with E-state index < -0.39 is 18.9 Å². The van der Waals surface area contributed by atoms with Crippen molar-refractivity contribution in [1.82, 2.24) is 39.5 Å². The maximum atomic E-state index is 11.8. The normalized spacial score (nSPS) is 11.2. The number of pyridine rings is 2. The molecular formula is C36H34BBrCl2N10O4. The fourth-order valence-electron chi connectivity index (χ4n) is 4.81. The molecule has 276 valence electrons. The molecule has 54 heavy (non-hydrogen) atoms. The Morgan fingerprint density at radius 1 is 0.685 bits per heavy atom. The van der Waals surface area contributed by atoms with Crippen molar-refractivity contribution >= 4 is 81.5 Å². The number of aryl methyl sites for hydroxylation is 4. The maximum Gasteiger partial charge on any atom is 0.490 e. The minimum Gasteiger partial charge on any atom is -0.423 e. The number of primary amides is 2. The quantitative estimate of drug-likeness (QED) is 0.0939. The van der Waals surface area contributed by atoms with Crippen molar-refractivity contribution in [2.45, 2.75) is 27.7 Å². The maximum absolute atomic E-state index is 11.8. The Balaban J connectivity index is 0.000000197. The monoisotopic (exact) mass is 830 g/mol. The highest BCUT2D eigenvalue weighted by Gasteiger charge is 2.12. The van der Waals surface area contributed by atoms with Crippen LogP contribution in [0.3, 0.4) is 0 Å². The van der Waals surface area contributed by atoms with Crippen molar-refractivity contribution in [2.75, 3.05) is 0 Å². The summed E-state index contributed by atoms with van der Waals surface area (Å²) in [5.41, 5.74) is 18.2. The number of carbonyl (C=O) groups excluding carboxylic acids is 2. The zero-order valence-corrected chi connectivity index (χ0v) is 32.5. The van der Waals surface area contributed by atoms with E-state index in [2.05, 4.69) is 58.2 Å². The first-order valence-corrected chi connectivity index (χ1v) is 17.4. The first-order chi connectivity index (χ1) is 25.6. The van der Waals surface area contributed by atoms with E-state index in [9.17, 15) is 9.59 Å². The molecular weight excluding hydrogens is 798 g/mol. The molecule has 0 bridgehead atoms. The Morgan fingerprint density at radius 2 is 1.15 bits per heavy atom. The van der Waals surface area contributed by atoms with Crippen LogP contribution in [-0.2, 0) is 9.59 Å². The van der Waals surface area contributed by atoms with Crippen molar-refractivity contribution in [2.24, 2.45) is 11.5 Å². The topological polar surface area (TPSA) is 214 Å². The molecule has 0 aliphatic carbocycles. The fourth-order valence-corrected chi connectivity index (χ4v) is 5.25. The molecule has 0 unspecified atom stereocenters. The van der Waals surface area contributed by atoms with E-state index in [0.717, 1.165) is 33.4 Å².